The van der Waals surface area contributed by atoms with Crippen molar-refractivity contribution in [3.05, 3.63) is 0 Å². The molecule has 0 rings (SSSR count). The maximum absolute atomic E-state index is 10.1. The molecule has 0 aromatic carbocycles. The van der Waals surface area contributed by atoms with E-state index in [1.807, 2.05) is 21.1 Å². The fourth-order valence-corrected chi connectivity index (χ4v) is 1.18. The summed E-state index contributed by atoms with van der Waals surface area (Å²) in [5, 5.41) is 9.23. The van der Waals surface area contributed by atoms with E-state index in [4.69, 9.17) is 22.1 Å². The molecule has 0 bridgehead atoms. The standard InChI is InChI=1S/C6H15NO5S.H2O4S/c1-7(2,3)4-6(8)5-12-13(9,10)11;1-5(2,3)4/h6,8H,4-5H2,1-3H3;(H2,1,2,3,4). The molecule has 12 heteroatoms. The third kappa shape index (κ3) is 29.6. The highest BCUT2D eigenvalue weighted by atomic mass is 32.3. The van der Waals surface area contributed by atoms with Gasteiger partial charge in [-0.2, -0.15) is 8.42 Å². The highest BCUT2D eigenvalue weighted by Crippen LogP contribution is 1.97. The molecule has 3 N–H and O–H groups in total. The van der Waals surface area contributed by atoms with E-state index >= 15 is 0 Å². The molecule has 1 unspecified atom stereocenters. The number of quaternary nitrogens is 1. The smallest absolute Gasteiger partial charge is 0.397 e. The summed E-state index contributed by atoms with van der Waals surface area (Å²) in [6.07, 6.45) is -0.915. The van der Waals surface area contributed by atoms with E-state index in [0.717, 1.165) is 0 Å². The van der Waals surface area contributed by atoms with Gasteiger partial charge in [-0.3, -0.25) is 9.11 Å². The second-order valence-corrected chi connectivity index (χ2v) is 6.21. The molecule has 0 spiro atoms. The number of likely N-dealkylation sites (N-methyl/N-ethyl adjacent to an activating group) is 1. The number of aliphatic hydroxyl groups is 1. The summed E-state index contributed by atoms with van der Waals surface area (Å²) in [7, 11) is -3.83. The molecule has 1 atom stereocenters. The van der Waals surface area contributed by atoms with E-state index in [1.165, 1.54) is 0 Å². The van der Waals surface area contributed by atoms with Crippen molar-refractivity contribution in [1.29, 1.82) is 0 Å². The van der Waals surface area contributed by atoms with E-state index < -0.39 is 33.5 Å². The summed E-state index contributed by atoms with van der Waals surface area (Å²) in [4.78, 5) is 0. The van der Waals surface area contributed by atoms with Crippen molar-refractivity contribution in [2.45, 2.75) is 6.10 Å². The van der Waals surface area contributed by atoms with Gasteiger partial charge in [0.1, 0.15) is 19.3 Å². The highest BCUT2D eigenvalue weighted by molar-refractivity contribution is 7.80. The Kier molecular flexibility index (Phi) is 8.10. The van der Waals surface area contributed by atoms with Gasteiger partial charge >= 0.3 is 10.4 Å². The number of rotatable bonds is 5. The molecule has 0 aromatic heterocycles. The Morgan fingerprint density at radius 3 is 1.72 bits per heavy atom. The second kappa shape index (κ2) is 7.30. The molecule has 0 aliphatic rings. The van der Waals surface area contributed by atoms with E-state index in [0.29, 0.717) is 11.0 Å². The van der Waals surface area contributed by atoms with Gasteiger partial charge < -0.3 is 14.1 Å². The average molecular weight is 311 g/mol. The molecule has 0 aliphatic carbocycles. The van der Waals surface area contributed by atoms with Crippen molar-refractivity contribution in [3.63, 3.8) is 0 Å². The lowest BCUT2D eigenvalue weighted by atomic mass is 10.3. The summed E-state index contributed by atoms with van der Waals surface area (Å²) in [6, 6.07) is 0. The lowest BCUT2D eigenvalue weighted by molar-refractivity contribution is -0.873. The van der Waals surface area contributed by atoms with Crippen LogP contribution in [0.25, 0.3) is 0 Å². The van der Waals surface area contributed by atoms with Gasteiger partial charge in [0.2, 0.25) is 10.4 Å². The first-order chi connectivity index (χ1) is 7.60. The predicted molar refractivity (Wildman–Crippen MR) is 58.7 cm³/mol. The fraction of sp³-hybridized carbons (Fsp3) is 1.00. The van der Waals surface area contributed by atoms with Crippen LogP contribution in [0.2, 0.25) is 0 Å². The molecule has 18 heavy (non-hydrogen) atoms. The Morgan fingerprint density at radius 2 is 1.50 bits per heavy atom. The highest BCUT2D eigenvalue weighted by Gasteiger charge is 2.17. The zero-order valence-electron chi connectivity index (χ0n) is 10.0. The van der Waals surface area contributed by atoms with Crippen LogP contribution >= 0.6 is 0 Å². The summed E-state index contributed by atoms with van der Waals surface area (Å²) in [5.74, 6) is 0. The number of nitrogens with zero attached hydrogens (tertiary/aromatic N) is 1. The topological polar surface area (TPSA) is 161 Å². The first-order valence-corrected chi connectivity index (χ1v) is 7.12. The normalized spacial score (nSPS) is 14.6. The van der Waals surface area contributed by atoms with Crippen LogP contribution in [0.1, 0.15) is 0 Å². The van der Waals surface area contributed by atoms with Crippen LogP contribution < -0.4 is 0 Å². The third-order valence-electron chi connectivity index (χ3n) is 1.17. The minimum atomic E-state index is -4.92. The molecule has 0 saturated carbocycles. The van der Waals surface area contributed by atoms with Crippen molar-refractivity contribution in [1.82, 2.24) is 0 Å². The van der Waals surface area contributed by atoms with Gasteiger partial charge in [-0.1, -0.05) is 0 Å². The molecule has 0 saturated heterocycles. The zero-order chi connectivity index (χ0) is 15.2. The third-order valence-corrected chi connectivity index (χ3v) is 1.60. The first kappa shape index (κ1) is 20.0. The van der Waals surface area contributed by atoms with Gasteiger partial charge in [0.05, 0.1) is 21.1 Å². The summed E-state index contributed by atoms with van der Waals surface area (Å²) < 4.78 is 65.8. The summed E-state index contributed by atoms with van der Waals surface area (Å²) >= 11 is 0. The SMILES string of the molecule is C[N+](C)(C)CC(O)COS(=O)(=O)O.O=S(=O)([O-])O. The van der Waals surface area contributed by atoms with Crippen LogP contribution in [0.15, 0.2) is 0 Å². The molecular formula is C6H17NO9S2. The summed E-state index contributed by atoms with van der Waals surface area (Å²) in [6.45, 7) is -0.0795. The number of hydrogen-bond acceptors (Lipinski definition) is 7. The molecule has 0 aliphatic heterocycles. The molecule has 0 heterocycles. The Labute approximate surface area is 106 Å². The van der Waals surface area contributed by atoms with Crippen molar-refractivity contribution in [2.75, 3.05) is 34.3 Å². The van der Waals surface area contributed by atoms with E-state index in [2.05, 4.69) is 4.18 Å². The van der Waals surface area contributed by atoms with Gasteiger partial charge in [0.25, 0.3) is 0 Å². The van der Waals surface area contributed by atoms with Crippen molar-refractivity contribution in [2.24, 2.45) is 0 Å². The van der Waals surface area contributed by atoms with E-state index in [9.17, 15) is 13.5 Å². The van der Waals surface area contributed by atoms with Gasteiger partial charge in [-0.05, 0) is 0 Å². The Balaban J connectivity index is 0. The van der Waals surface area contributed by atoms with Crippen LogP contribution in [0.5, 0.6) is 0 Å². The molecule has 10 nitrogen and oxygen atoms in total. The van der Waals surface area contributed by atoms with Gasteiger partial charge in [0.15, 0.2) is 0 Å². The number of hydrogen-bond donors (Lipinski definition) is 3. The molecule has 0 radical (unpaired) electrons. The van der Waals surface area contributed by atoms with Crippen LogP contribution in [0, 0.1) is 0 Å². The minimum absolute atomic E-state index is 0.343. The predicted octanol–water partition coefficient (Wildman–Crippen LogP) is -2.12. The quantitative estimate of drug-likeness (QED) is 0.292. The molecule has 0 aromatic rings. The lowest BCUT2D eigenvalue weighted by Crippen LogP contribution is -2.43. The second-order valence-electron chi connectivity index (χ2n) is 4.27. The maximum Gasteiger partial charge on any atom is 0.397 e. The monoisotopic (exact) mass is 311 g/mol. The van der Waals surface area contributed by atoms with Gasteiger partial charge in [-0.15, -0.1) is 0 Å². The van der Waals surface area contributed by atoms with Crippen LogP contribution in [0.3, 0.4) is 0 Å². The largest absolute Gasteiger partial charge is 0.726 e. The molecule has 112 valence electrons. The number of aliphatic hydroxyl groups excluding tert-OH is 1. The van der Waals surface area contributed by atoms with Crippen LogP contribution in [0.4, 0.5) is 0 Å². The minimum Gasteiger partial charge on any atom is -0.726 e. The van der Waals surface area contributed by atoms with Gasteiger partial charge in [-0.25, -0.2) is 12.6 Å². The van der Waals surface area contributed by atoms with Gasteiger partial charge in [0, 0.05) is 0 Å². The Hall–Kier alpha value is -0.340. The zero-order valence-corrected chi connectivity index (χ0v) is 11.7. The first-order valence-electron chi connectivity index (χ1n) is 4.39. The lowest BCUT2D eigenvalue weighted by Gasteiger charge is -2.26. The average Bonchev–Trinajstić information content (AvgIpc) is 1.92. The van der Waals surface area contributed by atoms with E-state index in [1.54, 1.807) is 0 Å². The summed E-state index contributed by atoms with van der Waals surface area (Å²) in [5.41, 5.74) is 0. The fourth-order valence-electron chi connectivity index (χ4n) is 0.849. The van der Waals surface area contributed by atoms with Crippen LogP contribution in [-0.4, -0.2) is 80.5 Å². The van der Waals surface area contributed by atoms with Crippen molar-refractivity contribution >= 4 is 20.8 Å². The van der Waals surface area contributed by atoms with Crippen molar-refractivity contribution < 1.29 is 44.3 Å². The Morgan fingerprint density at radius 1 is 1.17 bits per heavy atom. The molecule has 0 amide bonds. The van der Waals surface area contributed by atoms with E-state index in [-0.39, 0.29) is 0 Å². The molecular weight excluding hydrogens is 294 g/mol. The maximum atomic E-state index is 10.1. The van der Waals surface area contributed by atoms with Crippen LogP contribution in [-0.2, 0) is 25.0 Å². The molecule has 0 fully saturated rings. The van der Waals surface area contributed by atoms with Crippen molar-refractivity contribution in [3.8, 4) is 0 Å². The Bertz CT molecular complexity index is 412.